The van der Waals surface area contributed by atoms with E-state index in [2.05, 4.69) is 0 Å². The first kappa shape index (κ1) is 33.2. The molecule has 2 fully saturated rings. The number of imide groups is 1. The highest BCUT2D eigenvalue weighted by Gasteiger charge is 2.37. The molecule has 1 aromatic carbocycles. The van der Waals surface area contributed by atoms with Gasteiger partial charge in [-0.15, -0.1) is 12.4 Å². The van der Waals surface area contributed by atoms with Gasteiger partial charge >= 0.3 is 18.2 Å². The number of ether oxygens (including phenoxy) is 3. The van der Waals surface area contributed by atoms with E-state index in [1.54, 1.807) is 13.0 Å². The van der Waals surface area contributed by atoms with Gasteiger partial charge in [-0.2, -0.15) is 0 Å². The van der Waals surface area contributed by atoms with Gasteiger partial charge in [0, 0.05) is 6.92 Å². The Morgan fingerprint density at radius 1 is 1.23 bits per heavy atom. The van der Waals surface area contributed by atoms with E-state index >= 15 is 0 Å². The SMILES string of the molecule is CC[C@H](C)[C@H](N)C(=O)OCOC(=O)N(C[C@H]1CN(c2ccc(C3CCS(=O)(=O)CC3)c(F)c2)C(=O)O1)C(C)=O.Cl. The summed E-state index contributed by atoms with van der Waals surface area (Å²) in [4.78, 5) is 50.8. The summed E-state index contributed by atoms with van der Waals surface area (Å²) in [5, 5.41) is 0. The molecule has 3 amide bonds. The van der Waals surface area contributed by atoms with Gasteiger partial charge in [-0.25, -0.2) is 27.3 Å². The van der Waals surface area contributed by atoms with Gasteiger partial charge in [0.1, 0.15) is 27.8 Å². The van der Waals surface area contributed by atoms with Crippen LogP contribution in [0.2, 0.25) is 0 Å². The second-order valence-corrected chi connectivity index (χ2v) is 12.1. The molecule has 40 heavy (non-hydrogen) atoms. The molecule has 0 unspecified atom stereocenters. The smallest absolute Gasteiger partial charge is 0.419 e. The molecule has 15 heteroatoms. The Kier molecular flexibility index (Phi) is 11.7. The van der Waals surface area contributed by atoms with Crippen LogP contribution in [0.4, 0.5) is 19.7 Å². The third kappa shape index (κ3) is 8.27. The molecule has 3 atom stereocenters. The van der Waals surface area contributed by atoms with Crippen LogP contribution in [-0.2, 0) is 33.6 Å². The summed E-state index contributed by atoms with van der Waals surface area (Å²) in [7, 11) is -3.09. The Bertz CT molecular complexity index is 1200. The Hall–Kier alpha value is -2.97. The fourth-order valence-electron chi connectivity index (χ4n) is 4.38. The van der Waals surface area contributed by atoms with E-state index in [-0.39, 0.29) is 54.5 Å². The number of hydrogen-bond acceptors (Lipinski definition) is 10. The number of esters is 1. The summed E-state index contributed by atoms with van der Waals surface area (Å²) >= 11 is 0. The zero-order valence-corrected chi connectivity index (χ0v) is 24.2. The Balaban J connectivity index is 0.00000560. The van der Waals surface area contributed by atoms with E-state index in [1.807, 2.05) is 6.92 Å². The lowest BCUT2D eigenvalue weighted by molar-refractivity contribution is -0.155. The summed E-state index contributed by atoms with van der Waals surface area (Å²) in [6.45, 7) is 3.59. The minimum atomic E-state index is -3.09. The first-order chi connectivity index (χ1) is 18.3. The normalized spacial score (nSPS) is 20.1. The topological polar surface area (TPSA) is 163 Å². The standard InChI is InChI=1S/C25H34FN3O9S.ClH/c1-4-15(2)22(27)23(31)36-14-37-24(32)28(16(3)30)12-19-13-29(25(33)38-19)18-5-6-20(21(26)11-18)17-7-9-39(34,35)10-8-17;/h5-6,11,15,17,19,22H,4,7-10,12-14,27H2,1-3H3;1H/t15-,19-,22-;/m0./s1. The molecule has 2 heterocycles. The minimum absolute atomic E-state index is 0. The monoisotopic (exact) mass is 607 g/mol. The highest BCUT2D eigenvalue weighted by Crippen LogP contribution is 2.33. The average Bonchev–Trinajstić information content (AvgIpc) is 3.26. The van der Waals surface area contributed by atoms with Gasteiger partial charge in [-0.3, -0.25) is 14.5 Å². The van der Waals surface area contributed by atoms with Crippen LogP contribution < -0.4 is 10.6 Å². The summed E-state index contributed by atoms with van der Waals surface area (Å²) in [6, 6.07) is 3.36. The number of rotatable bonds is 9. The van der Waals surface area contributed by atoms with Crippen molar-refractivity contribution >= 4 is 52.0 Å². The number of carbonyl (C=O) groups is 4. The molecule has 0 radical (unpaired) electrons. The van der Waals surface area contributed by atoms with Crippen LogP contribution in [0.25, 0.3) is 0 Å². The van der Waals surface area contributed by atoms with Crippen molar-refractivity contribution < 1.29 is 46.2 Å². The Labute approximate surface area is 238 Å². The third-order valence-electron chi connectivity index (χ3n) is 7.06. The number of nitrogens with zero attached hydrogens (tertiary/aromatic N) is 2. The molecule has 2 N–H and O–H groups in total. The second kappa shape index (κ2) is 14.1. The van der Waals surface area contributed by atoms with E-state index in [4.69, 9.17) is 19.9 Å². The van der Waals surface area contributed by atoms with Crippen LogP contribution in [0.1, 0.15) is 51.5 Å². The Morgan fingerprint density at radius 2 is 1.88 bits per heavy atom. The van der Waals surface area contributed by atoms with Gasteiger partial charge in [-0.1, -0.05) is 26.3 Å². The van der Waals surface area contributed by atoms with Crippen LogP contribution in [0, 0.1) is 11.7 Å². The molecule has 3 rings (SSSR count). The number of carbonyl (C=O) groups excluding carboxylic acids is 4. The van der Waals surface area contributed by atoms with Crippen molar-refractivity contribution in [2.45, 2.75) is 58.1 Å². The van der Waals surface area contributed by atoms with Gasteiger partial charge in [0.25, 0.3) is 0 Å². The molecule has 224 valence electrons. The van der Waals surface area contributed by atoms with Gasteiger partial charge in [0.05, 0.1) is 30.3 Å². The highest BCUT2D eigenvalue weighted by molar-refractivity contribution is 7.91. The second-order valence-electron chi connectivity index (χ2n) is 9.78. The van der Waals surface area contributed by atoms with Crippen LogP contribution >= 0.6 is 12.4 Å². The molecule has 1 aromatic rings. The van der Waals surface area contributed by atoms with Crippen molar-refractivity contribution in [2.24, 2.45) is 11.7 Å². The third-order valence-corrected chi connectivity index (χ3v) is 8.78. The van der Waals surface area contributed by atoms with Crippen molar-refractivity contribution in [1.29, 1.82) is 0 Å². The maximum absolute atomic E-state index is 14.9. The molecule has 2 saturated heterocycles. The predicted octanol–water partition coefficient (Wildman–Crippen LogP) is 2.72. The largest absolute Gasteiger partial charge is 0.442 e. The van der Waals surface area contributed by atoms with Crippen molar-refractivity contribution in [3.63, 3.8) is 0 Å². The lowest BCUT2D eigenvalue weighted by Gasteiger charge is -2.23. The summed E-state index contributed by atoms with van der Waals surface area (Å²) < 4.78 is 53.3. The molecule has 0 aliphatic carbocycles. The van der Waals surface area contributed by atoms with E-state index in [0.717, 1.165) is 6.92 Å². The number of benzene rings is 1. The first-order valence-electron chi connectivity index (χ1n) is 12.7. The van der Waals surface area contributed by atoms with Crippen molar-refractivity contribution in [2.75, 3.05) is 36.3 Å². The molecule has 0 bridgehead atoms. The van der Waals surface area contributed by atoms with Crippen molar-refractivity contribution in [3.05, 3.63) is 29.6 Å². The lowest BCUT2D eigenvalue weighted by Crippen LogP contribution is -2.43. The van der Waals surface area contributed by atoms with E-state index < -0.39 is 58.7 Å². The lowest BCUT2D eigenvalue weighted by atomic mass is 9.93. The van der Waals surface area contributed by atoms with E-state index in [1.165, 1.54) is 17.0 Å². The van der Waals surface area contributed by atoms with Gasteiger partial charge in [0.2, 0.25) is 12.7 Å². The van der Waals surface area contributed by atoms with Gasteiger partial charge in [0.15, 0.2) is 0 Å². The molecule has 2 aliphatic heterocycles. The molecule has 2 aliphatic rings. The molecular formula is C25H35ClFN3O9S. The highest BCUT2D eigenvalue weighted by atomic mass is 35.5. The number of cyclic esters (lactones) is 1. The number of halogens is 2. The maximum atomic E-state index is 14.9. The Morgan fingerprint density at radius 3 is 2.45 bits per heavy atom. The zero-order chi connectivity index (χ0) is 28.9. The van der Waals surface area contributed by atoms with Crippen LogP contribution in [0.5, 0.6) is 0 Å². The summed E-state index contributed by atoms with van der Waals surface area (Å²) in [5.41, 5.74) is 6.37. The molecule has 0 spiro atoms. The molecule has 0 aromatic heterocycles. The zero-order valence-electron chi connectivity index (χ0n) is 22.5. The number of amides is 3. The number of anilines is 1. The predicted molar refractivity (Wildman–Crippen MR) is 144 cm³/mol. The van der Waals surface area contributed by atoms with Gasteiger partial charge in [-0.05, 0) is 42.4 Å². The van der Waals surface area contributed by atoms with Crippen LogP contribution in [-0.4, -0.2) is 80.9 Å². The van der Waals surface area contributed by atoms with Gasteiger partial charge < -0.3 is 19.9 Å². The van der Waals surface area contributed by atoms with E-state index in [0.29, 0.717) is 29.7 Å². The quantitative estimate of drug-likeness (QED) is 0.326. The fourth-order valence-corrected chi connectivity index (χ4v) is 5.87. The molecule has 0 saturated carbocycles. The first-order valence-corrected chi connectivity index (χ1v) is 14.5. The fraction of sp³-hybridized carbons (Fsp3) is 0.600. The summed E-state index contributed by atoms with van der Waals surface area (Å²) in [5.74, 6) is -2.38. The number of hydrogen-bond donors (Lipinski definition) is 1. The van der Waals surface area contributed by atoms with Crippen molar-refractivity contribution in [1.82, 2.24) is 4.90 Å². The minimum Gasteiger partial charge on any atom is -0.442 e. The van der Waals surface area contributed by atoms with Crippen LogP contribution in [0.3, 0.4) is 0 Å². The molecular weight excluding hydrogens is 573 g/mol. The van der Waals surface area contributed by atoms with Crippen LogP contribution in [0.15, 0.2) is 18.2 Å². The number of sulfone groups is 1. The average molecular weight is 608 g/mol. The van der Waals surface area contributed by atoms with Crippen molar-refractivity contribution in [3.8, 4) is 0 Å². The summed E-state index contributed by atoms with van der Waals surface area (Å²) in [6.07, 6.45) is -1.52. The maximum Gasteiger partial charge on any atom is 0.419 e. The molecule has 12 nitrogen and oxygen atoms in total. The number of nitrogens with two attached hydrogens (primary N) is 1. The van der Waals surface area contributed by atoms with E-state index in [9.17, 15) is 32.0 Å².